The second kappa shape index (κ2) is 17.0. The number of likely N-dealkylation sites (N-methyl/N-ethyl adjacent to an activating group) is 1. The highest BCUT2D eigenvalue weighted by molar-refractivity contribution is 5.66. The standard InChI is InChI=1S/C27H16F37NO4/c1-7(66)69-8(5-65(2,3)6-9(67)68)4-10(28,29)11(30,31)12(32,33)13(34,35)14(36,37)15(38,39)16(40,41)17(42,43)18(44,45)19(46,47)20(48,49)21(50,51)22(52,53)23(54,55)24(56,57)25(58,59)26(60,61)27(62,63)64/h8H,4-6H2,1-3H3. The number of nitrogens with zero attached hydrogens (tertiary/aromatic N) is 1. The molecule has 0 rings (SSSR count). The Morgan fingerprint density at radius 3 is 0.739 bits per heavy atom. The summed E-state index contributed by atoms with van der Waals surface area (Å²) in [4.78, 5) is 22.0. The van der Waals surface area contributed by atoms with Gasteiger partial charge in [0.25, 0.3) is 0 Å². The van der Waals surface area contributed by atoms with Gasteiger partial charge >= 0.3 is 113 Å². The van der Waals surface area contributed by atoms with Crippen molar-refractivity contribution in [1.82, 2.24) is 0 Å². The Labute approximate surface area is 353 Å². The van der Waals surface area contributed by atoms with Gasteiger partial charge < -0.3 is 19.1 Å². The number of halogens is 37. The van der Waals surface area contributed by atoms with Crippen molar-refractivity contribution >= 4 is 11.9 Å². The maximum Gasteiger partial charge on any atom is 0.460 e. The zero-order valence-corrected chi connectivity index (χ0v) is 31.8. The number of carboxylic acid groups (broad SMARTS) is 1. The first-order chi connectivity index (χ1) is 29.2. The summed E-state index contributed by atoms with van der Waals surface area (Å²) in [6.45, 7) is -3.17. The fourth-order valence-electron chi connectivity index (χ4n) is 4.93. The average Bonchev–Trinajstić information content (AvgIpc) is 3.08. The van der Waals surface area contributed by atoms with Crippen molar-refractivity contribution in [3.05, 3.63) is 0 Å². The van der Waals surface area contributed by atoms with Crippen LogP contribution >= 0.6 is 0 Å². The molecular formula is C27H16F37NO4. The molecule has 0 spiro atoms. The van der Waals surface area contributed by atoms with E-state index in [4.69, 9.17) is 0 Å². The molecule has 0 radical (unpaired) electrons. The van der Waals surface area contributed by atoms with Crippen molar-refractivity contribution in [2.75, 3.05) is 27.2 Å². The zero-order valence-electron chi connectivity index (χ0n) is 31.8. The van der Waals surface area contributed by atoms with Crippen LogP contribution in [0.2, 0.25) is 0 Å². The number of alkyl halides is 37. The minimum atomic E-state index is -10.5. The van der Waals surface area contributed by atoms with Crippen molar-refractivity contribution in [2.24, 2.45) is 0 Å². The van der Waals surface area contributed by atoms with Crippen molar-refractivity contribution in [2.45, 2.75) is 126 Å². The molecule has 0 amide bonds. The van der Waals surface area contributed by atoms with Crippen molar-refractivity contribution in [3.8, 4) is 0 Å². The Hall–Kier alpha value is -3.69. The van der Waals surface area contributed by atoms with E-state index < -0.39 is 149 Å². The van der Waals surface area contributed by atoms with E-state index in [1.165, 1.54) is 0 Å². The van der Waals surface area contributed by atoms with Gasteiger partial charge in [0, 0.05) is 6.92 Å². The number of carbonyl (C=O) groups is 2. The number of ether oxygens (including phenoxy) is 1. The number of rotatable bonds is 23. The molecule has 0 aromatic carbocycles. The average molecular weight is 1120 g/mol. The molecule has 69 heavy (non-hydrogen) atoms. The fourth-order valence-corrected chi connectivity index (χ4v) is 4.93. The van der Waals surface area contributed by atoms with Crippen LogP contribution in [-0.2, 0) is 14.3 Å². The molecule has 412 valence electrons. The third kappa shape index (κ3) is 8.81. The molecule has 0 aromatic heterocycles. The molecule has 0 saturated carbocycles. The van der Waals surface area contributed by atoms with Crippen molar-refractivity contribution in [3.63, 3.8) is 0 Å². The van der Waals surface area contributed by atoms with E-state index in [-0.39, 0.29) is 6.92 Å². The van der Waals surface area contributed by atoms with Crippen LogP contribution in [0, 0.1) is 0 Å². The summed E-state index contributed by atoms with van der Waals surface area (Å²) in [6, 6.07) is 0. The molecule has 0 aliphatic heterocycles. The van der Waals surface area contributed by atoms with E-state index in [0.29, 0.717) is 14.1 Å². The number of carboxylic acids is 1. The lowest BCUT2D eigenvalue weighted by Gasteiger charge is -2.47. The smallest absolute Gasteiger partial charge is 0.460 e. The van der Waals surface area contributed by atoms with Crippen molar-refractivity contribution in [1.29, 1.82) is 0 Å². The minimum Gasteiger partial charge on any atom is -0.544 e. The fraction of sp³-hybridized carbons (Fsp3) is 0.926. The summed E-state index contributed by atoms with van der Waals surface area (Å²) in [5.74, 6) is -171. The molecule has 5 nitrogen and oxygen atoms in total. The van der Waals surface area contributed by atoms with E-state index in [1.54, 1.807) is 0 Å². The van der Waals surface area contributed by atoms with Gasteiger partial charge in [-0.15, -0.1) is 0 Å². The number of quaternary nitrogens is 1. The molecule has 0 aliphatic rings. The van der Waals surface area contributed by atoms with Gasteiger partial charge in [0.1, 0.15) is 13.1 Å². The highest BCUT2D eigenvalue weighted by Gasteiger charge is 3.02. The lowest BCUT2D eigenvalue weighted by Crippen LogP contribution is -2.80. The van der Waals surface area contributed by atoms with E-state index in [1.807, 2.05) is 0 Å². The normalized spacial score (nSPS) is 17.0. The second-order valence-corrected chi connectivity index (χ2v) is 14.5. The SMILES string of the molecule is CC(=O)OC(CC(F)(F)C(F)(F)C(F)(F)C(F)(F)C(F)(F)C(F)(F)C(F)(F)C(F)(F)C(F)(F)C(F)(F)C(F)(F)C(F)(F)C(F)(F)C(F)(F)C(F)(F)C(F)(F)C(F)(F)C(F)(F)F)C[N+](C)(C)CC(=O)[O-]. The minimum absolute atomic E-state index is 0.0895. The van der Waals surface area contributed by atoms with Crippen LogP contribution < -0.4 is 5.11 Å². The number of carbonyl (C=O) groups excluding carboxylic acids is 2. The maximum atomic E-state index is 14.6. The van der Waals surface area contributed by atoms with Crippen LogP contribution in [0.1, 0.15) is 13.3 Å². The van der Waals surface area contributed by atoms with Gasteiger partial charge in [-0.1, -0.05) is 0 Å². The van der Waals surface area contributed by atoms with Crippen LogP contribution in [0.3, 0.4) is 0 Å². The quantitative estimate of drug-likeness (QED) is 0.0581. The predicted octanol–water partition coefficient (Wildman–Crippen LogP) is 10.5. The zero-order chi connectivity index (χ0) is 57.1. The Bertz CT molecular complexity index is 1880. The largest absolute Gasteiger partial charge is 0.544 e. The molecule has 1 atom stereocenters. The van der Waals surface area contributed by atoms with E-state index >= 15 is 0 Å². The van der Waals surface area contributed by atoms with E-state index in [2.05, 4.69) is 4.74 Å². The first-order valence-corrected chi connectivity index (χ1v) is 15.8. The Balaban J connectivity index is 7.85. The second-order valence-electron chi connectivity index (χ2n) is 14.5. The highest BCUT2D eigenvalue weighted by Crippen LogP contribution is 2.70. The van der Waals surface area contributed by atoms with E-state index in [0.717, 1.165) is 0 Å². The molecule has 42 heteroatoms. The predicted molar refractivity (Wildman–Crippen MR) is 137 cm³/mol. The van der Waals surface area contributed by atoms with Gasteiger partial charge in [0.15, 0.2) is 6.10 Å². The van der Waals surface area contributed by atoms with Crippen LogP contribution in [0.4, 0.5) is 162 Å². The molecule has 0 N–H and O–H groups in total. The summed E-state index contributed by atoms with van der Waals surface area (Å²) in [6.07, 6.45) is -15.4. The van der Waals surface area contributed by atoms with Gasteiger partial charge in [0.2, 0.25) is 0 Å². The molecule has 0 saturated heterocycles. The van der Waals surface area contributed by atoms with Crippen LogP contribution in [0.15, 0.2) is 0 Å². The molecule has 0 fully saturated rings. The maximum absolute atomic E-state index is 14.6. The molecule has 0 aromatic rings. The van der Waals surface area contributed by atoms with Crippen LogP contribution in [-0.4, -0.2) is 157 Å². The van der Waals surface area contributed by atoms with Gasteiger partial charge in [-0.3, -0.25) is 4.79 Å². The number of hydrogen-bond acceptors (Lipinski definition) is 4. The highest BCUT2D eigenvalue weighted by atomic mass is 19.4. The number of hydrogen-bond donors (Lipinski definition) is 0. The van der Waals surface area contributed by atoms with E-state index in [9.17, 15) is 177 Å². The monoisotopic (exact) mass is 1120 g/mol. The van der Waals surface area contributed by atoms with Gasteiger partial charge in [-0.05, 0) is 0 Å². The summed E-state index contributed by atoms with van der Waals surface area (Å²) in [5, 5.41) is 10.8. The number of aliphatic carboxylic acids is 1. The lowest BCUT2D eigenvalue weighted by atomic mass is 9.82. The van der Waals surface area contributed by atoms with Crippen LogP contribution in [0.25, 0.3) is 0 Å². The molecular weight excluding hydrogens is 1110 g/mol. The topological polar surface area (TPSA) is 66.4 Å². The Morgan fingerprint density at radius 2 is 0.565 bits per heavy atom. The molecule has 0 aliphatic carbocycles. The Kier molecular flexibility index (Phi) is 16.0. The molecule has 0 bridgehead atoms. The Morgan fingerprint density at radius 1 is 0.377 bits per heavy atom. The third-order valence-corrected chi connectivity index (χ3v) is 8.80. The van der Waals surface area contributed by atoms with Crippen LogP contribution in [0.5, 0.6) is 0 Å². The molecule has 1 unspecified atom stereocenters. The third-order valence-electron chi connectivity index (χ3n) is 8.80. The summed E-state index contributed by atoms with van der Waals surface area (Å²) in [5.41, 5.74) is 0. The first-order valence-electron chi connectivity index (χ1n) is 15.8. The summed E-state index contributed by atoms with van der Waals surface area (Å²) in [7, 11) is 1.01. The van der Waals surface area contributed by atoms with Gasteiger partial charge in [-0.25, -0.2) is 0 Å². The summed E-state index contributed by atoms with van der Waals surface area (Å²) >= 11 is 0. The van der Waals surface area contributed by atoms with Crippen molar-refractivity contribution < 1.29 is 186 Å². The summed E-state index contributed by atoms with van der Waals surface area (Å²) < 4.78 is 516. The first kappa shape index (κ1) is 65.3. The number of esters is 1. The van der Waals surface area contributed by atoms with Gasteiger partial charge in [0.05, 0.1) is 26.5 Å². The lowest BCUT2D eigenvalue weighted by molar-refractivity contribution is -0.887. The van der Waals surface area contributed by atoms with Gasteiger partial charge in [-0.2, -0.15) is 162 Å². The molecule has 0 heterocycles.